The number of hydrogen-bond acceptors (Lipinski definition) is 2. The molecule has 82 valence electrons. The van der Waals surface area contributed by atoms with Crippen LogP contribution in [0.3, 0.4) is 0 Å². The Morgan fingerprint density at radius 1 is 1.25 bits per heavy atom. The number of nitrogens with zero attached hydrogens (tertiary/aromatic N) is 2. The van der Waals surface area contributed by atoms with Crippen LogP contribution in [0, 0.1) is 6.92 Å². The zero-order valence-corrected chi connectivity index (χ0v) is 9.47. The average Bonchev–Trinajstić information content (AvgIpc) is 2.77. The van der Waals surface area contributed by atoms with Crippen molar-refractivity contribution >= 4 is 5.78 Å². The van der Waals surface area contributed by atoms with E-state index in [1.54, 1.807) is 17.1 Å². The highest BCUT2D eigenvalue weighted by molar-refractivity contribution is 6.08. The molecule has 0 N–H and O–H groups in total. The standard InChI is InChI=1S/C13H14N2O/c1-3-15-9-12(8-14-15)13(16)11-6-4-10(2)5-7-11/h4-9H,3H2,1-2H3. The summed E-state index contributed by atoms with van der Waals surface area (Å²) >= 11 is 0. The molecule has 0 atom stereocenters. The lowest BCUT2D eigenvalue weighted by atomic mass is 10.1. The zero-order valence-electron chi connectivity index (χ0n) is 9.47. The summed E-state index contributed by atoms with van der Waals surface area (Å²) in [5.74, 6) is 0.0275. The second-order valence-electron chi connectivity index (χ2n) is 3.78. The van der Waals surface area contributed by atoms with Crippen molar-refractivity contribution in [2.24, 2.45) is 0 Å². The van der Waals surface area contributed by atoms with E-state index in [1.165, 1.54) is 0 Å². The Morgan fingerprint density at radius 3 is 2.50 bits per heavy atom. The van der Waals surface area contributed by atoms with Crippen molar-refractivity contribution in [1.29, 1.82) is 0 Å². The van der Waals surface area contributed by atoms with Crippen LogP contribution in [0.15, 0.2) is 36.7 Å². The molecule has 0 aliphatic carbocycles. The number of aryl methyl sites for hydroxylation is 2. The molecular weight excluding hydrogens is 200 g/mol. The van der Waals surface area contributed by atoms with Crippen molar-refractivity contribution in [1.82, 2.24) is 9.78 Å². The first-order chi connectivity index (χ1) is 7.70. The summed E-state index contributed by atoms with van der Waals surface area (Å²) < 4.78 is 1.75. The first-order valence-electron chi connectivity index (χ1n) is 5.34. The van der Waals surface area contributed by atoms with Gasteiger partial charge in [0.2, 0.25) is 0 Å². The predicted molar refractivity (Wildman–Crippen MR) is 62.5 cm³/mol. The molecule has 2 aromatic rings. The fraction of sp³-hybridized carbons (Fsp3) is 0.231. The minimum atomic E-state index is 0.0275. The number of aromatic nitrogens is 2. The highest BCUT2D eigenvalue weighted by Gasteiger charge is 2.10. The van der Waals surface area contributed by atoms with Crippen molar-refractivity contribution in [3.63, 3.8) is 0 Å². The predicted octanol–water partition coefficient (Wildman–Crippen LogP) is 2.44. The molecule has 3 heteroatoms. The van der Waals surface area contributed by atoms with Gasteiger partial charge < -0.3 is 0 Å². The SMILES string of the molecule is CCn1cc(C(=O)c2ccc(C)cc2)cn1. The van der Waals surface area contributed by atoms with E-state index in [2.05, 4.69) is 5.10 Å². The lowest BCUT2D eigenvalue weighted by Gasteiger charge is -1.98. The average molecular weight is 214 g/mol. The van der Waals surface area contributed by atoms with Crippen LogP contribution in [-0.4, -0.2) is 15.6 Å². The number of hydrogen-bond donors (Lipinski definition) is 0. The molecule has 0 radical (unpaired) electrons. The first-order valence-corrected chi connectivity index (χ1v) is 5.34. The molecular formula is C13H14N2O. The second kappa shape index (κ2) is 4.31. The third-order valence-electron chi connectivity index (χ3n) is 2.53. The molecule has 0 aliphatic rings. The largest absolute Gasteiger partial charge is 0.288 e. The van der Waals surface area contributed by atoms with Gasteiger partial charge in [0, 0.05) is 18.3 Å². The van der Waals surface area contributed by atoms with Gasteiger partial charge in [0.05, 0.1) is 11.8 Å². The van der Waals surface area contributed by atoms with Crippen LogP contribution >= 0.6 is 0 Å². The van der Waals surface area contributed by atoms with Crippen LogP contribution in [0.1, 0.15) is 28.4 Å². The van der Waals surface area contributed by atoms with Crippen molar-refractivity contribution < 1.29 is 4.79 Å². The minimum Gasteiger partial charge on any atom is -0.288 e. The number of carbonyl (C=O) groups excluding carboxylic acids is 1. The highest BCUT2D eigenvalue weighted by atomic mass is 16.1. The summed E-state index contributed by atoms with van der Waals surface area (Å²) in [6.45, 7) is 4.78. The van der Waals surface area contributed by atoms with Crippen LogP contribution in [0.2, 0.25) is 0 Å². The van der Waals surface area contributed by atoms with Crippen molar-refractivity contribution in [2.45, 2.75) is 20.4 Å². The Hall–Kier alpha value is -1.90. The highest BCUT2D eigenvalue weighted by Crippen LogP contribution is 2.10. The Bertz CT molecular complexity index is 497. The van der Waals surface area contributed by atoms with E-state index < -0.39 is 0 Å². The van der Waals surface area contributed by atoms with E-state index in [1.807, 2.05) is 38.1 Å². The van der Waals surface area contributed by atoms with E-state index in [9.17, 15) is 4.79 Å². The normalized spacial score (nSPS) is 10.4. The molecule has 0 spiro atoms. The van der Waals surface area contributed by atoms with Crippen LogP contribution in [0.25, 0.3) is 0 Å². The van der Waals surface area contributed by atoms with E-state index in [0.717, 1.165) is 12.1 Å². The zero-order chi connectivity index (χ0) is 11.5. The third-order valence-corrected chi connectivity index (χ3v) is 2.53. The molecule has 0 saturated carbocycles. The molecule has 0 amide bonds. The fourth-order valence-electron chi connectivity index (χ4n) is 1.53. The molecule has 0 unspecified atom stereocenters. The maximum atomic E-state index is 12.0. The quantitative estimate of drug-likeness (QED) is 0.735. The monoisotopic (exact) mass is 214 g/mol. The molecule has 2 rings (SSSR count). The molecule has 16 heavy (non-hydrogen) atoms. The Labute approximate surface area is 94.7 Å². The maximum absolute atomic E-state index is 12.0. The van der Waals surface area contributed by atoms with Crippen molar-refractivity contribution in [3.8, 4) is 0 Å². The summed E-state index contributed by atoms with van der Waals surface area (Å²) in [6, 6.07) is 7.58. The van der Waals surface area contributed by atoms with E-state index in [4.69, 9.17) is 0 Å². The molecule has 0 aliphatic heterocycles. The fourth-order valence-corrected chi connectivity index (χ4v) is 1.53. The van der Waals surface area contributed by atoms with E-state index in [0.29, 0.717) is 11.1 Å². The summed E-state index contributed by atoms with van der Waals surface area (Å²) in [5, 5.41) is 4.09. The van der Waals surface area contributed by atoms with Gasteiger partial charge in [-0.15, -0.1) is 0 Å². The summed E-state index contributed by atoms with van der Waals surface area (Å²) in [7, 11) is 0. The molecule has 3 nitrogen and oxygen atoms in total. The molecule has 0 bridgehead atoms. The van der Waals surface area contributed by atoms with Crippen LogP contribution in [0.4, 0.5) is 0 Å². The van der Waals surface area contributed by atoms with Crippen LogP contribution in [0.5, 0.6) is 0 Å². The number of carbonyl (C=O) groups is 1. The number of rotatable bonds is 3. The van der Waals surface area contributed by atoms with Gasteiger partial charge in [0.25, 0.3) is 0 Å². The van der Waals surface area contributed by atoms with Gasteiger partial charge in [-0.1, -0.05) is 29.8 Å². The molecule has 1 heterocycles. The molecule has 0 saturated heterocycles. The summed E-state index contributed by atoms with van der Waals surface area (Å²) in [5.41, 5.74) is 2.51. The molecule has 1 aromatic heterocycles. The van der Waals surface area contributed by atoms with Crippen molar-refractivity contribution in [3.05, 3.63) is 53.3 Å². The Kier molecular flexibility index (Phi) is 2.86. The first kappa shape index (κ1) is 10.6. The van der Waals surface area contributed by atoms with E-state index >= 15 is 0 Å². The van der Waals surface area contributed by atoms with Gasteiger partial charge in [0.1, 0.15) is 0 Å². The number of benzene rings is 1. The Morgan fingerprint density at radius 2 is 1.94 bits per heavy atom. The maximum Gasteiger partial charge on any atom is 0.196 e. The van der Waals surface area contributed by atoms with Gasteiger partial charge >= 0.3 is 0 Å². The smallest absolute Gasteiger partial charge is 0.196 e. The summed E-state index contributed by atoms with van der Waals surface area (Å²) in [6.07, 6.45) is 3.40. The molecule has 1 aromatic carbocycles. The second-order valence-corrected chi connectivity index (χ2v) is 3.78. The number of ketones is 1. The minimum absolute atomic E-state index is 0.0275. The lowest BCUT2D eigenvalue weighted by Crippen LogP contribution is -2.00. The van der Waals surface area contributed by atoms with Crippen LogP contribution in [-0.2, 0) is 6.54 Å². The lowest BCUT2D eigenvalue weighted by molar-refractivity contribution is 0.103. The third kappa shape index (κ3) is 2.03. The van der Waals surface area contributed by atoms with Gasteiger partial charge in [-0.3, -0.25) is 9.48 Å². The Balaban J connectivity index is 2.28. The van der Waals surface area contributed by atoms with Gasteiger partial charge in [-0.05, 0) is 13.8 Å². The van der Waals surface area contributed by atoms with Gasteiger partial charge in [0.15, 0.2) is 5.78 Å². The van der Waals surface area contributed by atoms with Gasteiger partial charge in [-0.25, -0.2) is 0 Å². The van der Waals surface area contributed by atoms with Gasteiger partial charge in [-0.2, -0.15) is 5.10 Å². The summed E-state index contributed by atoms with van der Waals surface area (Å²) in [4.78, 5) is 12.0. The van der Waals surface area contributed by atoms with Crippen LogP contribution < -0.4 is 0 Å². The molecule has 0 fully saturated rings. The van der Waals surface area contributed by atoms with Crippen molar-refractivity contribution in [2.75, 3.05) is 0 Å². The van der Waals surface area contributed by atoms with E-state index in [-0.39, 0.29) is 5.78 Å². The topological polar surface area (TPSA) is 34.9 Å².